The van der Waals surface area contributed by atoms with Crippen LogP contribution in [0.1, 0.15) is 6.92 Å². The number of thiazole rings is 1. The molecule has 0 aliphatic heterocycles. The van der Waals surface area contributed by atoms with Gasteiger partial charge in [-0.2, -0.15) is 0 Å². The van der Waals surface area contributed by atoms with Crippen molar-refractivity contribution in [3.05, 3.63) is 42.5 Å². The summed E-state index contributed by atoms with van der Waals surface area (Å²) >= 11 is -0.589. The summed E-state index contributed by atoms with van der Waals surface area (Å²) in [4.78, 5) is 2.06. The summed E-state index contributed by atoms with van der Waals surface area (Å²) in [6.07, 6.45) is 0. The van der Waals surface area contributed by atoms with Crippen LogP contribution >= 0.6 is 40.4 Å². The number of hydrogen-bond donors (Lipinski definition) is 0. The Labute approximate surface area is 186 Å². The molecule has 3 rings (SSSR count). The molecule has 0 saturated carbocycles. The molecule has 28 heavy (non-hydrogen) atoms. The Hall–Kier alpha value is -0.977. The molecule has 0 radical (unpaired) electrons. The zero-order valence-electron chi connectivity index (χ0n) is 16.2. The molecule has 0 unspecified atom stereocenters. The molecule has 0 bridgehead atoms. The quantitative estimate of drug-likeness (QED) is 0.215. The second-order valence-corrected chi connectivity index (χ2v) is 20.8. The number of hydrogen-bond acceptors (Lipinski definition) is 5. The molecular formula is C18H21Cl3N4OSZn. The van der Waals surface area contributed by atoms with E-state index in [0.29, 0.717) is 0 Å². The maximum absolute atomic E-state index is 5.30. The molecule has 0 N–H and O–H groups in total. The number of ether oxygens (including phenoxy) is 1. The summed E-state index contributed by atoms with van der Waals surface area (Å²) < 4.78 is 8.61. The number of benzene rings is 2. The van der Waals surface area contributed by atoms with E-state index in [1.807, 2.05) is 50.5 Å². The predicted octanol–water partition coefficient (Wildman–Crippen LogP) is 6.76. The zero-order chi connectivity index (χ0) is 20.7. The van der Waals surface area contributed by atoms with Gasteiger partial charge in [-0.15, -0.1) is 0 Å². The van der Waals surface area contributed by atoms with E-state index < -0.39 is 13.0 Å². The van der Waals surface area contributed by atoms with Gasteiger partial charge in [0, 0.05) is 25.8 Å². The van der Waals surface area contributed by atoms with Crippen LogP contribution < -0.4 is 14.2 Å². The van der Waals surface area contributed by atoms with Crippen LogP contribution in [0.15, 0.2) is 52.7 Å². The molecule has 10 heteroatoms. The number of aromatic nitrogens is 1. The van der Waals surface area contributed by atoms with Crippen molar-refractivity contribution in [3.8, 4) is 5.75 Å². The molecule has 0 saturated heterocycles. The zero-order valence-corrected chi connectivity index (χ0v) is 22.2. The van der Waals surface area contributed by atoms with Crippen LogP contribution in [0.5, 0.6) is 5.75 Å². The van der Waals surface area contributed by atoms with Crippen molar-refractivity contribution in [1.82, 2.24) is 0 Å². The van der Waals surface area contributed by atoms with E-state index in [2.05, 4.69) is 32.7 Å². The van der Waals surface area contributed by atoms with Crippen LogP contribution in [0.25, 0.3) is 10.2 Å². The first-order valence-corrected chi connectivity index (χ1v) is 21.1. The number of nitrogens with zero attached hydrogens (tertiary/aromatic N) is 4. The SMILES string of the molecule is CC[n+]1c(N=Nc2ccc(N(C)C)cc2)sc2cc(OC)ccc21.[Cl][Zn-]([Cl])[Cl]. The van der Waals surface area contributed by atoms with Crippen LogP contribution in [-0.4, -0.2) is 21.2 Å². The van der Waals surface area contributed by atoms with Crippen molar-refractivity contribution < 1.29 is 22.3 Å². The van der Waals surface area contributed by atoms with Crippen molar-refractivity contribution >= 4 is 67.1 Å². The number of fused-ring (bicyclic) bond motifs is 1. The number of methoxy groups -OCH3 is 1. The molecule has 0 fully saturated rings. The van der Waals surface area contributed by atoms with Gasteiger partial charge in [0.25, 0.3) is 0 Å². The Morgan fingerprint density at radius 1 is 1.07 bits per heavy atom. The van der Waals surface area contributed by atoms with Gasteiger partial charge in [-0.25, -0.2) is 4.57 Å². The number of aryl methyl sites for hydroxylation is 1. The maximum atomic E-state index is 5.30. The number of rotatable bonds is 5. The topological polar surface area (TPSA) is 41.1 Å². The molecule has 2 aromatic carbocycles. The summed E-state index contributed by atoms with van der Waals surface area (Å²) in [5.41, 5.74) is 3.14. The first-order chi connectivity index (χ1) is 13.3. The molecular weight excluding hydrogens is 492 g/mol. The van der Waals surface area contributed by atoms with Crippen LogP contribution in [0.3, 0.4) is 0 Å². The minimum absolute atomic E-state index is 0.846. The van der Waals surface area contributed by atoms with Crippen LogP contribution in [-0.2, 0) is 19.5 Å². The molecule has 0 aliphatic rings. The van der Waals surface area contributed by atoms with Gasteiger partial charge < -0.3 is 9.64 Å². The van der Waals surface area contributed by atoms with E-state index in [1.165, 1.54) is 0 Å². The molecule has 0 spiro atoms. The van der Waals surface area contributed by atoms with Gasteiger partial charge in [0.1, 0.15) is 17.0 Å². The molecule has 0 aliphatic carbocycles. The van der Waals surface area contributed by atoms with Crippen LogP contribution in [0.2, 0.25) is 0 Å². The normalized spacial score (nSPS) is 10.7. The molecule has 5 nitrogen and oxygen atoms in total. The summed E-state index contributed by atoms with van der Waals surface area (Å²) in [5.74, 6) is 0.856. The van der Waals surface area contributed by atoms with Crippen molar-refractivity contribution in [2.75, 3.05) is 26.1 Å². The van der Waals surface area contributed by atoms with Gasteiger partial charge in [-0.05, 0) is 59.8 Å². The van der Waals surface area contributed by atoms with Crippen LogP contribution in [0.4, 0.5) is 16.5 Å². The van der Waals surface area contributed by atoms with Gasteiger partial charge >= 0.3 is 47.2 Å². The Balaban J connectivity index is 0.000000640. The van der Waals surface area contributed by atoms with E-state index >= 15 is 0 Å². The molecule has 0 atom stereocenters. The van der Waals surface area contributed by atoms with Crippen molar-refractivity contribution in [3.63, 3.8) is 0 Å². The molecule has 0 amide bonds. The van der Waals surface area contributed by atoms with Crippen molar-refractivity contribution in [2.24, 2.45) is 10.2 Å². The number of azo groups is 1. The summed E-state index contributed by atoms with van der Waals surface area (Å²) in [6.45, 7) is 2.96. The Morgan fingerprint density at radius 2 is 1.71 bits per heavy atom. The predicted molar refractivity (Wildman–Crippen MR) is 117 cm³/mol. The van der Waals surface area contributed by atoms with Gasteiger partial charge in [-0.3, -0.25) is 0 Å². The fourth-order valence-corrected chi connectivity index (χ4v) is 3.55. The van der Waals surface area contributed by atoms with E-state index in [4.69, 9.17) is 33.8 Å². The summed E-state index contributed by atoms with van der Waals surface area (Å²) in [7, 11) is 20.8. The Bertz CT molecular complexity index is 930. The fourth-order valence-electron chi connectivity index (χ4n) is 2.48. The van der Waals surface area contributed by atoms with Crippen molar-refractivity contribution in [2.45, 2.75) is 13.5 Å². The van der Waals surface area contributed by atoms with Gasteiger partial charge in [-0.1, -0.05) is 0 Å². The average Bonchev–Trinajstić information content (AvgIpc) is 3.02. The fraction of sp³-hybridized carbons (Fsp3) is 0.278. The van der Waals surface area contributed by atoms with E-state index in [0.717, 1.165) is 39.0 Å². The third-order valence-electron chi connectivity index (χ3n) is 3.82. The van der Waals surface area contributed by atoms with Crippen molar-refractivity contribution in [1.29, 1.82) is 0 Å². The van der Waals surface area contributed by atoms with E-state index in [-0.39, 0.29) is 0 Å². The third-order valence-corrected chi connectivity index (χ3v) is 4.85. The monoisotopic (exact) mass is 510 g/mol. The first kappa shape index (κ1) is 23.3. The summed E-state index contributed by atoms with van der Waals surface area (Å²) in [5, 5.41) is 9.74. The molecule has 1 heterocycles. The van der Waals surface area contributed by atoms with Crippen LogP contribution in [0, 0.1) is 0 Å². The molecule has 3 aromatic rings. The standard InChI is InChI=1S/C18H21N4OS.3ClH.Zn/c1-5-22-16-11-10-15(23-4)12-17(16)24-18(22)20-19-13-6-8-14(9-7-13)21(2)3;;;;/h6-12H,5H2,1-4H3;3*1H;/q+1;;;;+2/p-3. The molecule has 148 valence electrons. The van der Waals surface area contributed by atoms with Gasteiger partial charge in [0.05, 0.1) is 23.5 Å². The second-order valence-electron chi connectivity index (χ2n) is 5.88. The number of halogens is 3. The second kappa shape index (κ2) is 11.3. The van der Waals surface area contributed by atoms with Gasteiger partial charge in [0.2, 0.25) is 0 Å². The third kappa shape index (κ3) is 6.53. The van der Waals surface area contributed by atoms with Gasteiger partial charge in [0.15, 0.2) is 0 Å². The van der Waals surface area contributed by atoms with E-state index in [9.17, 15) is 0 Å². The average molecular weight is 513 g/mol. The van der Waals surface area contributed by atoms with E-state index in [1.54, 1.807) is 18.4 Å². The molecule has 1 aromatic heterocycles. The Morgan fingerprint density at radius 3 is 2.25 bits per heavy atom. The summed E-state index contributed by atoms with van der Waals surface area (Å²) in [6, 6.07) is 14.1. The minimum atomic E-state index is -2.21. The number of anilines is 1. The first-order valence-electron chi connectivity index (χ1n) is 8.62. The Kier molecular flexibility index (Phi) is 9.38.